The van der Waals surface area contributed by atoms with E-state index in [2.05, 4.69) is 46.0 Å². The molecule has 4 nitrogen and oxygen atoms in total. The minimum Gasteiger partial charge on any atom is -0.378 e. The second-order valence-corrected chi connectivity index (χ2v) is 4.32. The summed E-state index contributed by atoms with van der Waals surface area (Å²) < 4.78 is 1.91. The van der Waals surface area contributed by atoms with E-state index >= 15 is 0 Å². The smallest absolute Gasteiger partial charge is 0.151 e. The third-order valence-electron chi connectivity index (χ3n) is 2.35. The van der Waals surface area contributed by atoms with Crippen LogP contribution in [0.5, 0.6) is 0 Å². The highest BCUT2D eigenvalue weighted by atomic mass is 32.2. The highest BCUT2D eigenvalue weighted by Crippen LogP contribution is 2.17. The van der Waals surface area contributed by atoms with Gasteiger partial charge >= 0.3 is 0 Å². The summed E-state index contributed by atoms with van der Waals surface area (Å²) in [5.41, 5.74) is 1.10. The van der Waals surface area contributed by atoms with Gasteiger partial charge in [0.15, 0.2) is 5.82 Å². The van der Waals surface area contributed by atoms with Gasteiger partial charge < -0.3 is 9.88 Å². The van der Waals surface area contributed by atoms with Gasteiger partial charge in [-0.25, -0.2) is 0 Å². The fourth-order valence-corrected chi connectivity index (χ4v) is 1.77. The first-order chi connectivity index (χ1) is 7.79. The molecule has 0 spiro atoms. The fraction of sp³-hybridized carbons (Fsp3) is 0.273. The highest BCUT2D eigenvalue weighted by molar-refractivity contribution is 7.98. The van der Waals surface area contributed by atoms with Crippen LogP contribution < -0.4 is 5.32 Å². The van der Waals surface area contributed by atoms with Gasteiger partial charge in [-0.1, -0.05) is 0 Å². The summed E-state index contributed by atoms with van der Waals surface area (Å²) in [6, 6.07) is 8.34. The molecule has 1 N–H and O–H groups in total. The van der Waals surface area contributed by atoms with E-state index in [-0.39, 0.29) is 0 Å². The first-order valence-corrected chi connectivity index (χ1v) is 6.23. The molecule has 2 aromatic rings. The molecule has 0 saturated heterocycles. The third kappa shape index (κ3) is 2.55. The zero-order valence-electron chi connectivity index (χ0n) is 9.34. The maximum Gasteiger partial charge on any atom is 0.151 e. The van der Waals surface area contributed by atoms with Crippen molar-refractivity contribution in [2.45, 2.75) is 11.4 Å². The topological polar surface area (TPSA) is 42.7 Å². The Hall–Kier alpha value is -1.49. The Kier molecular flexibility index (Phi) is 3.46. The van der Waals surface area contributed by atoms with Gasteiger partial charge in [-0.2, -0.15) is 0 Å². The Balaban J connectivity index is 1.97. The van der Waals surface area contributed by atoms with Gasteiger partial charge in [0, 0.05) is 17.6 Å². The lowest BCUT2D eigenvalue weighted by Gasteiger charge is -2.06. The second kappa shape index (κ2) is 5.03. The van der Waals surface area contributed by atoms with Gasteiger partial charge in [-0.3, -0.25) is 0 Å². The molecule has 0 aliphatic rings. The number of hydrogen-bond donors (Lipinski definition) is 1. The molecule has 1 aromatic carbocycles. The predicted molar refractivity (Wildman–Crippen MR) is 66.6 cm³/mol. The van der Waals surface area contributed by atoms with Crippen LogP contribution >= 0.6 is 11.8 Å². The Labute approximate surface area is 99.1 Å². The second-order valence-electron chi connectivity index (χ2n) is 3.44. The molecule has 84 valence electrons. The van der Waals surface area contributed by atoms with Gasteiger partial charge in [0.05, 0.1) is 6.54 Å². The normalized spacial score (nSPS) is 10.4. The van der Waals surface area contributed by atoms with Crippen molar-refractivity contribution in [2.24, 2.45) is 7.05 Å². The number of benzene rings is 1. The van der Waals surface area contributed by atoms with Crippen LogP contribution in [0, 0.1) is 0 Å². The first-order valence-electron chi connectivity index (χ1n) is 5.00. The van der Waals surface area contributed by atoms with Crippen LogP contribution in [0.4, 0.5) is 5.69 Å². The van der Waals surface area contributed by atoms with Crippen molar-refractivity contribution in [2.75, 3.05) is 11.6 Å². The summed E-state index contributed by atoms with van der Waals surface area (Å²) in [5, 5.41) is 11.1. The average Bonchev–Trinajstić information content (AvgIpc) is 2.73. The van der Waals surface area contributed by atoms with Gasteiger partial charge in [0.25, 0.3) is 0 Å². The van der Waals surface area contributed by atoms with Gasteiger partial charge in [0.2, 0.25) is 0 Å². The van der Waals surface area contributed by atoms with Crippen molar-refractivity contribution in [1.29, 1.82) is 0 Å². The van der Waals surface area contributed by atoms with Crippen LogP contribution in [-0.2, 0) is 13.6 Å². The number of aryl methyl sites for hydroxylation is 1. The van der Waals surface area contributed by atoms with E-state index in [1.165, 1.54) is 4.90 Å². The molecule has 0 aliphatic heterocycles. The summed E-state index contributed by atoms with van der Waals surface area (Å²) in [5.74, 6) is 0.925. The number of hydrogen-bond acceptors (Lipinski definition) is 4. The van der Waals surface area contributed by atoms with E-state index in [1.54, 1.807) is 18.1 Å². The van der Waals surface area contributed by atoms with E-state index in [0.29, 0.717) is 6.54 Å². The largest absolute Gasteiger partial charge is 0.378 e. The minimum absolute atomic E-state index is 0.690. The molecule has 0 fully saturated rings. The number of aromatic nitrogens is 3. The van der Waals surface area contributed by atoms with Crippen LogP contribution in [0.1, 0.15) is 5.82 Å². The number of thioether (sulfide) groups is 1. The summed E-state index contributed by atoms with van der Waals surface area (Å²) in [6.45, 7) is 0.690. The molecule has 0 bridgehead atoms. The van der Waals surface area contributed by atoms with E-state index in [0.717, 1.165) is 11.5 Å². The lowest BCUT2D eigenvalue weighted by Crippen LogP contribution is -2.05. The van der Waals surface area contributed by atoms with E-state index in [1.807, 2.05) is 11.6 Å². The maximum atomic E-state index is 4.01. The molecule has 0 radical (unpaired) electrons. The molecule has 0 atom stereocenters. The highest BCUT2D eigenvalue weighted by Gasteiger charge is 1.99. The van der Waals surface area contributed by atoms with Crippen LogP contribution in [0.2, 0.25) is 0 Å². The van der Waals surface area contributed by atoms with Crippen molar-refractivity contribution in [3.63, 3.8) is 0 Å². The Morgan fingerprint density at radius 2 is 2.06 bits per heavy atom. The van der Waals surface area contributed by atoms with E-state index in [9.17, 15) is 0 Å². The number of nitrogens with zero attached hydrogens (tertiary/aromatic N) is 3. The zero-order chi connectivity index (χ0) is 11.4. The zero-order valence-corrected chi connectivity index (χ0v) is 10.2. The monoisotopic (exact) mass is 234 g/mol. The molecular weight excluding hydrogens is 220 g/mol. The summed E-state index contributed by atoms with van der Waals surface area (Å²) in [7, 11) is 1.94. The quantitative estimate of drug-likeness (QED) is 0.823. The molecular formula is C11H14N4S. The van der Waals surface area contributed by atoms with Crippen LogP contribution in [-0.4, -0.2) is 21.0 Å². The third-order valence-corrected chi connectivity index (χ3v) is 3.09. The summed E-state index contributed by atoms with van der Waals surface area (Å²) >= 11 is 1.74. The number of rotatable bonds is 4. The van der Waals surface area contributed by atoms with Crippen molar-refractivity contribution in [3.05, 3.63) is 36.4 Å². The van der Waals surface area contributed by atoms with Crippen LogP contribution in [0.25, 0.3) is 0 Å². The van der Waals surface area contributed by atoms with Crippen molar-refractivity contribution < 1.29 is 0 Å². The van der Waals surface area contributed by atoms with Gasteiger partial charge in [-0.05, 0) is 30.5 Å². The summed E-state index contributed by atoms with van der Waals surface area (Å²) in [4.78, 5) is 1.27. The molecule has 1 aromatic heterocycles. The van der Waals surface area contributed by atoms with Gasteiger partial charge in [0.1, 0.15) is 6.33 Å². The first kappa shape index (κ1) is 11.0. The predicted octanol–water partition coefficient (Wildman–Crippen LogP) is 2.15. The SMILES string of the molecule is CSc1ccc(NCc2nncn2C)cc1. The van der Waals surface area contributed by atoms with Crippen molar-refractivity contribution >= 4 is 17.4 Å². The van der Waals surface area contributed by atoms with Crippen molar-refractivity contribution in [1.82, 2.24) is 14.8 Å². The number of anilines is 1. The van der Waals surface area contributed by atoms with Crippen LogP contribution in [0.15, 0.2) is 35.5 Å². The fourth-order valence-electron chi connectivity index (χ4n) is 1.36. The van der Waals surface area contributed by atoms with Gasteiger partial charge in [-0.15, -0.1) is 22.0 Å². The van der Waals surface area contributed by atoms with Crippen molar-refractivity contribution in [3.8, 4) is 0 Å². The van der Waals surface area contributed by atoms with E-state index < -0.39 is 0 Å². The Morgan fingerprint density at radius 3 is 2.62 bits per heavy atom. The molecule has 5 heteroatoms. The Bertz CT molecular complexity index is 449. The molecule has 1 heterocycles. The standard InChI is InChI=1S/C11H14N4S/c1-15-8-13-14-11(15)7-12-9-3-5-10(16-2)6-4-9/h3-6,8,12H,7H2,1-2H3. The Morgan fingerprint density at radius 1 is 1.31 bits per heavy atom. The molecule has 0 amide bonds. The average molecular weight is 234 g/mol. The lowest BCUT2D eigenvalue weighted by atomic mass is 10.3. The number of nitrogens with one attached hydrogen (secondary N) is 1. The molecule has 0 saturated carbocycles. The minimum atomic E-state index is 0.690. The summed E-state index contributed by atoms with van der Waals surface area (Å²) in [6.07, 6.45) is 3.77. The molecule has 0 unspecified atom stereocenters. The van der Waals surface area contributed by atoms with E-state index in [4.69, 9.17) is 0 Å². The maximum absolute atomic E-state index is 4.01. The van der Waals surface area contributed by atoms with Crippen LogP contribution in [0.3, 0.4) is 0 Å². The molecule has 16 heavy (non-hydrogen) atoms. The molecule has 0 aliphatic carbocycles. The lowest BCUT2D eigenvalue weighted by molar-refractivity contribution is 0.812. The molecule has 2 rings (SSSR count).